The van der Waals surface area contributed by atoms with Gasteiger partial charge in [0, 0.05) is 10.9 Å². The summed E-state index contributed by atoms with van der Waals surface area (Å²) >= 11 is 1.69. The van der Waals surface area contributed by atoms with Crippen LogP contribution in [0.2, 0.25) is 0 Å². The van der Waals surface area contributed by atoms with Gasteiger partial charge in [-0.3, -0.25) is 0 Å². The summed E-state index contributed by atoms with van der Waals surface area (Å²) < 4.78 is 39.8. The molecule has 1 nitrogen and oxygen atoms in total. The Labute approximate surface area is 128 Å². The lowest BCUT2D eigenvalue weighted by Crippen LogP contribution is -2.45. The summed E-state index contributed by atoms with van der Waals surface area (Å²) in [6, 6.07) is 4.04. The molecular weight excluding hydrogens is 295 g/mol. The van der Waals surface area contributed by atoms with Crippen LogP contribution in [0.1, 0.15) is 43.9 Å². The maximum atomic E-state index is 13.3. The number of thiophene rings is 1. The van der Waals surface area contributed by atoms with Gasteiger partial charge in [0.2, 0.25) is 0 Å². The standard InChI is InChI=1S/C16H24F3NS/c1-2-20-15(10-9-12-6-5-11-21-12)13-7-3-4-8-14(13)16(17,18)19/h5-6,11,13-15,20H,2-4,7-10H2,1H3. The van der Waals surface area contributed by atoms with E-state index in [1.54, 1.807) is 11.3 Å². The summed E-state index contributed by atoms with van der Waals surface area (Å²) in [7, 11) is 0. The van der Waals surface area contributed by atoms with Crippen LogP contribution in [0.3, 0.4) is 0 Å². The molecule has 21 heavy (non-hydrogen) atoms. The Bertz CT molecular complexity index is 402. The highest BCUT2D eigenvalue weighted by atomic mass is 32.1. The van der Waals surface area contributed by atoms with Crippen LogP contribution < -0.4 is 5.32 Å². The van der Waals surface area contributed by atoms with Crippen LogP contribution in [0, 0.1) is 11.8 Å². The molecule has 0 bridgehead atoms. The van der Waals surface area contributed by atoms with Crippen molar-refractivity contribution in [3.05, 3.63) is 22.4 Å². The minimum Gasteiger partial charge on any atom is -0.314 e. The first-order chi connectivity index (χ1) is 10.0. The minimum atomic E-state index is -4.05. The number of aryl methyl sites for hydroxylation is 1. The zero-order valence-electron chi connectivity index (χ0n) is 12.5. The van der Waals surface area contributed by atoms with Gasteiger partial charge < -0.3 is 5.32 Å². The van der Waals surface area contributed by atoms with Crippen molar-refractivity contribution in [2.45, 2.75) is 57.7 Å². The summed E-state index contributed by atoms with van der Waals surface area (Å²) in [4.78, 5) is 1.26. The number of alkyl halides is 3. The molecule has 3 unspecified atom stereocenters. The van der Waals surface area contributed by atoms with Gasteiger partial charge in [-0.25, -0.2) is 0 Å². The lowest BCUT2D eigenvalue weighted by atomic mass is 9.73. The summed E-state index contributed by atoms with van der Waals surface area (Å²) in [5.74, 6) is -1.39. The van der Waals surface area contributed by atoms with E-state index in [9.17, 15) is 13.2 Å². The van der Waals surface area contributed by atoms with Crippen molar-refractivity contribution in [2.24, 2.45) is 11.8 Å². The summed E-state index contributed by atoms with van der Waals surface area (Å²) in [6.07, 6.45) is 0.258. The smallest absolute Gasteiger partial charge is 0.314 e. The van der Waals surface area contributed by atoms with Crippen molar-refractivity contribution in [3.8, 4) is 0 Å². The number of rotatable bonds is 6. The molecule has 1 aromatic rings. The molecule has 0 spiro atoms. The number of halogens is 3. The Kier molecular flexibility index (Phi) is 6.11. The first-order valence-electron chi connectivity index (χ1n) is 7.85. The summed E-state index contributed by atoms with van der Waals surface area (Å²) in [5, 5.41) is 5.35. The molecule has 1 N–H and O–H groups in total. The van der Waals surface area contributed by atoms with E-state index in [0.29, 0.717) is 19.3 Å². The Balaban J connectivity index is 2.03. The predicted molar refractivity (Wildman–Crippen MR) is 81.6 cm³/mol. The molecule has 1 fully saturated rings. The van der Waals surface area contributed by atoms with E-state index in [0.717, 1.165) is 25.8 Å². The van der Waals surface area contributed by atoms with Crippen LogP contribution in [0.15, 0.2) is 17.5 Å². The second-order valence-corrected chi connectivity index (χ2v) is 6.91. The zero-order chi connectivity index (χ0) is 15.3. The van der Waals surface area contributed by atoms with E-state index in [1.165, 1.54) is 4.88 Å². The Hall–Kier alpha value is -0.550. The number of hydrogen-bond acceptors (Lipinski definition) is 2. The average molecular weight is 319 g/mol. The fourth-order valence-corrected chi connectivity index (χ4v) is 4.25. The summed E-state index contributed by atoms with van der Waals surface area (Å²) in [5.41, 5.74) is 0. The van der Waals surface area contributed by atoms with E-state index in [-0.39, 0.29) is 12.0 Å². The molecule has 3 atom stereocenters. The maximum absolute atomic E-state index is 13.3. The molecule has 0 radical (unpaired) electrons. The number of hydrogen-bond donors (Lipinski definition) is 1. The third-order valence-electron chi connectivity index (χ3n) is 4.50. The van der Waals surface area contributed by atoms with E-state index < -0.39 is 12.1 Å². The van der Waals surface area contributed by atoms with Crippen molar-refractivity contribution in [1.29, 1.82) is 0 Å². The second kappa shape index (κ2) is 7.63. The molecule has 1 saturated carbocycles. The average Bonchev–Trinajstić information content (AvgIpc) is 2.96. The van der Waals surface area contributed by atoms with Crippen LogP contribution in [0.25, 0.3) is 0 Å². The van der Waals surface area contributed by atoms with E-state index in [4.69, 9.17) is 0 Å². The fourth-order valence-electron chi connectivity index (χ4n) is 3.53. The topological polar surface area (TPSA) is 12.0 Å². The van der Waals surface area contributed by atoms with E-state index >= 15 is 0 Å². The van der Waals surface area contributed by atoms with Crippen LogP contribution in [-0.4, -0.2) is 18.8 Å². The Morgan fingerprint density at radius 3 is 2.71 bits per heavy atom. The number of nitrogens with one attached hydrogen (secondary N) is 1. The van der Waals surface area contributed by atoms with Gasteiger partial charge in [0.15, 0.2) is 0 Å². The molecule has 1 aromatic heterocycles. The van der Waals surface area contributed by atoms with Gasteiger partial charge in [-0.1, -0.05) is 25.8 Å². The Morgan fingerprint density at radius 1 is 1.33 bits per heavy atom. The largest absolute Gasteiger partial charge is 0.392 e. The van der Waals surface area contributed by atoms with Crippen molar-refractivity contribution in [3.63, 3.8) is 0 Å². The first-order valence-corrected chi connectivity index (χ1v) is 8.72. The molecule has 0 amide bonds. The van der Waals surface area contributed by atoms with Crippen LogP contribution >= 0.6 is 11.3 Å². The third kappa shape index (κ3) is 4.71. The van der Waals surface area contributed by atoms with Gasteiger partial charge in [0.1, 0.15) is 0 Å². The van der Waals surface area contributed by atoms with Crippen molar-refractivity contribution >= 4 is 11.3 Å². The molecule has 1 heterocycles. The quantitative estimate of drug-likeness (QED) is 0.775. The molecule has 120 valence electrons. The summed E-state index contributed by atoms with van der Waals surface area (Å²) in [6.45, 7) is 2.71. The van der Waals surface area contributed by atoms with Gasteiger partial charge >= 0.3 is 6.18 Å². The lowest BCUT2D eigenvalue weighted by Gasteiger charge is -2.38. The van der Waals surface area contributed by atoms with Gasteiger partial charge in [-0.05, 0) is 49.6 Å². The van der Waals surface area contributed by atoms with Crippen molar-refractivity contribution < 1.29 is 13.2 Å². The zero-order valence-corrected chi connectivity index (χ0v) is 13.3. The fraction of sp³-hybridized carbons (Fsp3) is 0.750. The van der Waals surface area contributed by atoms with Crippen LogP contribution in [0.4, 0.5) is 13.2 Å². The van der Waals surface area contributed by atoms with Crippen LogP contribution in [0.5, 0.6) is 0 Å². The van der Waals surface area contributed by atoms with Gasteiger partial charge in [0.25, 0.3) is 0 Å². The van der Waals surface area contributed by atoms with Gasteiger partial charge in [0.05, 0.1) is 5.92 Å². The van der Waals surface area contributed by atoms with Crippen molar-refractivity contribution in [2.75, 3.05) is 6.54 Å². The van der Waals surface area contributed by atoms with E-state index in [2.05, 4.69) is 11.4 Å². The first kappa shape index (κ1) is 16.8. The molecule has 1 aliphatic rings. The minimum absolute atomic E-state index is 0.0241. The van der Waals surface area contributed by atoms with E-state index in [1.807, 2.05) is 18.4 Å². The molecular formula is C16H24F3NS. The highest BCUT2D eigenvalue weighted by molar-refractivity contribution is 7.09. The lowest BCUT2D eigenvalue weighted by molar-refractivity contribution is -0.199. The van der Waals surface area contributed by atoms with Gasteiger partial charge in [-0.2, -0.15) is 13.2 Å². The highest BCUT2D eigenvalue weighted by Gasteiger charge is 2.47. The second-order valence-electron chi connectivity index (χ2n) is 5.88. The molecule has 2 rings (SSSR count). The highest BCUT2D eigenvalue weighted by Crippen LogP contribution is 2.43. The molecule has 0 aliphatic heterocycles. The molecule has 0 aromatic carbocycles. The SMILES string of the molecule is CCNC(CCc1cccs1)C1CCCCC1C(F)(F)F. The molecule has 0 saturated heterocycles. The van der Waals surface area contributed by atoms with Crippen molar-refractivity contribution in [1.82, 2.24) is 5.32 Å². The normalized spacial score (nSPS) is 25.0. The monoisotopic (exact) mass is 319 g/mol. The Morgan fingerprint density at radius 2 is 2.10 bits per heavy atom. The van der Waals surface area contributed by atoms with Gasteiger partial charge in [-0.15, -0.1) is 11.3 Å². The van der Waals surface area contributed by atoms with Crippen LogP contribution in [-0.2, 0) is 6.42 Å². The molecule has 5 heteroatoms. The molecule has 1 aliphatic carbocycles. The predicted octanol–water partition coefficient (Wildman–Crippen LogP) is 5.03. The third-order valence-corrected chi connectivity index (χ3v) is 5.44. The maximum Gasteiger partial charge on any atom is 0.392 e.